The van der Waals surface area contributed by atoms with Crippen molar-refractivity contribution in [3.8, 4) is 17.6 Å². The second-order valence-corrected chi connectivity index (χ2v) is 7.37. The molecule has 0 saturated heterocycles. The van der Waals surface area contributed by atoms with Crippen LogP contribution in [0.25, 0.3) is 0 Å². The number of fused-ring (bicyclic) bond motifs is 1. The molecule has 0 aromatic heterocycles. The molecule has 32 heavy (non-hydrogen) atoms. The number of nitrogens with two attached hydrogens (primary N) is 1. The summed E-state index contributed by atoms with van der Waals surface area (Å²) in [5, 5.41) is 12.7. The number of nitrogens with zero attached hydrogens (tertiary/aromatic N) is 3. The van der Waals surface area contributed by atoms with Gasteiger partial charge in [0.15, 0.2) is 5.75 Å². The third-order valence-corrected chi connectivity index (χ3v) is 4.94. The van der Waals surface area contributed by atoms with Crippen LogP contribution in [0.2, 0.25) is 10.0 Å². The SMILES string of the molecule is CN1CCc2cc(Oc3c(Cl)cc(NN=C(C#N)C(=O)OC(N)=O)cc3Cl)ccc2C1=O. The fourth-order valence-electron chi connectivity index (χ4n) is 2.86. The van der Waals surface area contributed by atoms with Crippen LogP contribution < -0.4 is 15.9 Å². The number of carbonyl (C=O) groups is 3. The van der Waals surface area contributed by atoms with Gasteiger partial charge in [-0.3, -0.25) is 10.2 Å². The first-order chi connectivity index (χ1) is 15.2. The van der Waals surface area contributed by atoms with E-state index >= 15 is 0 Å². The zero-order chi connectivity index (χ0) is 23.4. The van der Waals surface area contributed by atoms with Gasteiger partial charge in [0, 0.05) is 19.2 Å². The Labute approximate surface area is 192 Å². The van der Waals surface area contributed by atoms with Gasteiger partial charge in [0.25, 0.3) is 5.91 Å². The van der Waals surface area contributed by atoms with Crippen molar-refractivity contribution in [2.75, 3.05) is 19.0 Å². The van der Waals surface area contributed by atoms with Gasteiger partial charge in [0.05, 0.1) is 15.7 Å². The number of benzene rings is 2. The third-order valence-electron chi connectivity index (χ3n) is 4.38. The van der Waals surface area contributed by atoms with Crippen LogP contribution in [0.4, 0.5) is 10.5 Å². The Morgan fingerprint density at radius 1 is 1.25 bits per heavy atom. The Bertz CT molecular complexity index is 1170. The van der Waals surface area contributed by atoms with Gasteiger partial charge in [-0.15, -0.1) is 0 Å². The van der Waals surface area contributed by atoms with Crippen LogP contribution in [0.15, 0.2) is 35.4 Å². The maximum atomic E-state index is 12.2. The maximum absolute atomic E-state index is 12.2. The normalized spacial score (nSPS) is 13.1. The summed E-state index contributed by atoms with van der Waals surface area (Å²) >= 11 is 12.5. The molecular formula is C20H15Cl2N5O5. The molecule has 0 spiro atoms. The largest absolute Gasteiger partial charge is 0.454 e. The van der Waals surface area contributed by atoms with E-state index in [1.807, 2.05) is 0 Å². The molecule has 3 N–H and O–H groups in total. The highest BCUT2D eigenvalue weighted by atomic mass is 35.5. The third kappa shape index (κ3) is 5.08. The Kier molecular flexibility index (Phi) is 6.82. The van der Waals surface area contributed by atoms with Crippen molar-refractivity contribution in [3.05, 3.63) is 51.5 Å². The smallest absolute Gasteiger partial charge is 0.412 e. The first-order valence-electron chi connectivity index (χ1n) is 9.00. The number of likely N-dealkylation sites (N-methyl/N-ethyl adjacent to an activating group) is 1. The van der Waals surface area contributed by atoms with Crippen molar-refractivity contribution in [1.29, 1.82) is 5.26 Å². The van der Waals surface area contributed by atoms with E-state index in [-0.39, 0.29) is 27.4 Å². The number of carbonyl (C=O) groups excluding carboxylic acids is 3. The van der Waals surface area contributed by atoms with Gasteiger partial charge in [-0.1, -0.05) is 23.2 Å². The first-order valence-corrected chi connectivity index (χ1v) is 9.76. The fourth-order valence-corrected chi connectivity index (χ4v) is 3.42. The molecule has 0 radical (unpaired) electrons. The minimum absolute atomic E-state index is 0.0544. The molecule has 2 amide bonds. The highest BCUT2D eigenvalue weighted by molar-refractivity contribution is 6.44. The lowest BCUT2D eigenvalue weighted by molar-refractivity contribution is -0.129. The average Bonchev–Trinajstić information content (AvgIpc) is 2.73. The first kappa shape index (κ1) is 22.9. The zero-order valence-electron chi connectivity index (χ0n) is 16.5. The van der Waals surface area contributed by atoms with Gasteiger partial charge >= 0.3 is 12.1 Å². The van der Waals surface area contributed by atoms with Gasteiger partial charge < -0.3 is 20.1 Å². The Hall–Kier alpha value is -3.81. The molecular weight excluding hydrogens is 461 g/mol. The number of hydrogen-bond donors (Lipinski definition) is 2. The topological polar surface area (TPSA) is 147 Å². The molecule has 10 nitrogen and oxygen atoms in total. The van der Waals surface area contributed by atoms with E-state index in [9.17, 15) is 14.4 Å². The lowest BCUT2D eigenvalue weighted by Gasteiger charge is -2.25. The van der Waals surface area contributed by atoms with Crippen molar-refractivity contribution >= 4 is 52.6 Å². The number of halogens is 2. The van der Waals surface area contributed by atoms with E-state index in [2.05, 4.69) is 15.3 Å². The molecule has 1 heterocycles. The van der Waals surface area contributed by atoms with Crippen molar-refractivity contribution in [1.82, 2.24) is 4.90 Å². The van der Waals surface area contributed by atoms with E-state index in [1.54, 1.807) is 30.1 Å². The standard InChI is InChI=1S/C20H15Cl2N5O5/c1-27-5-4-10-6-12(2-3-13(10)18(27)28)31-17-14(21)7-11(8-15(17)22)25-26-16(9-23)19(29)32-20(24)30/h2-3,6-8,25H,4-5H2,1H3,(H2,24,30). The number of nitrogens with one attached hydrogen (secondary N) is 1. The Morgan fingerprint density at radius 3 is 2.56 bits per heavy atom. The quantitative estimate of drug-likeness (QED) is 0.291. The summed E-state index contributed by atoms with van der Waals surface area (Å²) in [4.78, 5) is 36.0. The van der Waals surface area contributed by atoms with Crippen LogP contribution in [0.3, 0.4) is 0 Å². The lowest BCUT2D eigenvalue weighted by atomic mass is 9.99. The summed E-state index contributed by atoms with van der Waals surface area (Å²) in [7, 11) is 1.75. The van der Waals surface area contributed by atoms with E-state index in [0.717, 1.165) is 5.56 Å². The average molecular weight is 476 g/mol. The molecule has 0 saturated carbocycles. The predicted octanol–water partition coefficient (Wildman–Crippen LogP) is 3.33. The van der Waals surface area contributed by atoms with Crippen molar-refractivity contribution in [2.45, 2.75) is 6.42 Å². The molecule has 1 aliphatic rings. The minimum Gasteiger partial charge on any atom is -0.454 e. The second-order valence-electron chi connectivity index (χ2n) is 6.56. The predicted molar refractivity (Wildman–Crippen MR) is 116 cm³/mol. The van der Waals surface area contributed by atoms with E-state index < -0.39 is 17.8 Å². The van der Waals surface area contributed by atoms with Gasteiger partial charge in [-0.05, 0) is 42.3 Å². The minimum atomic E-state index is -1.37. The summed E-state index contributed by atoms with van der Waals surface area (Å²) in [6, 6.07) is 9.35. The molecule has 0 unspecified atom stereocenters. The van der Waals surface area contributed by atoms with Crippen molar-refractivity contribution in [3.63, 3.8) is 0 Å². The van der Waals surface area contributed by atoms with Crippen molar-refractivity contribution < 1.29 is 23.9 Å². The number of hydrazone groups is 1. The number of nitriles is 1. The lowest BCUT2D eigenvalue weighted by Crippen LogP contribution is -2.34. The van der Waals surface area contributed by atoms with Gasteiger partial charge in [-0.25, -0.2) is 9.59 Å². The molecule has 2 aromatic rings. The molecule has 1 aliphatic heterocycles. The van der Waals surface area contributed by atoms with Crippen LogP contribution in [-0.4, -0.2) is 42.2 Å². The molecule has 0 bridgehead atoms. The van der Waals surface area contributed by atoms with E-state index in [4.69, 9.17) is 38.9 Å². The number of hydrogen-bond acceptors (Lipinski definition) is 8. The number of primary amides is 1. The summed E-state index contributed by atoms with van der Waals surface area (Å²) in [5.74, 6) is -0.761. The highest BCUT2D eigenvalue weighted by Gasteiger charge is 2.22. The molecule has 12 heteroatoms. The zero-order valence-corrected chi connectivity index (χ0v) is 18.0. The molecule has 0 fully saturated rings. The molecule has 3 rings (SSSR count). The number of esters is 1. The Morgan fingerprint density at radius 2 is 1.94 bits per heavy atom. The summed E-state index contributed by atoms with van der Waals surface area (Å²) in [6.07, 6.45) is -0.680. The summed E-state index contributed by atoms with van der Waals surface area (Å²) < 4.78 is 9.91. The number of anilines is 1. The summed E-state index contributed by atoms with van der Waals surface area (Å²) in [5.41, 5.74) is 8.10. The van der Waals surface area contributed by atoms with Crippen LogP contribution in [0, 0.1) is 11.3 Å². The molecule has 164 valence electrons. The van der Waals surface area contributed by atoms with Gasteiger partial charge in [0.2, 0.25) is 5.71 Å². The monoisotopic (exact) mass is 475 g/mol. The highest BCUT2D eigenvalue weighted by Crippen LogP contribution is 2.39. The van der Waals surface area contributed by atoms with Crippen LogP contribution in [-0.2, 0) is 16.0 Å². The summed E-state index contributed by atoms with van der Waals surface area (Å²) in [6.45, 7) is 0.606. The fraction of sp³-hybridized carbons (Fsp3) is 0.150. The van der Waals surface area contributed by atoms with E-state index in [0.29, 0.717) is 24.3 Å². The van der Waals surface area contributed by atoms with Crippen LogP contribution in [0.5, 0.6) is 11.5 Å². The van der Waals surface area contributed by atoms with Crippen molar-refractivity contribution in [2.24, 2.45) is 10.8 Å². The van der Waals surface area contributed by atoms with E-state index in [1.165, 1.54) is 18.2 Å². The van der Waals surface area contributed by atoms with Gasteiger partial charge in [-0.2, -0.15) is 10.4 Å². The van der Waals surface area contributed by atoms with Crippen LogP contribution in [0.1, 0.15) is 15.9 Å². The Balaban J connectivity index is 1.79. The molecule has 0 atom stereocenters. The van der Waals surface area contributed by atoms with Crippen LogP contribution >= 0.6 is 23.2 Å². The number of rotatable bonds is 5. The molecule has 0 aliphatic carbocycles. The number of ether oxygens (including phenoxy) is 2. The molecule has 2 aromatic carbocycles. The second kappa shape index (κ2) is 9.55. The van der Waals surface area contributed by atoms with Gasteiger partial charge in [0.1, 0.15) is 11.8 Å². The number of amides is 2. The maximum Gasteiger partial charge on any atom is 0.412 e.